The van der Waals surface area contributed by atoms with Gasteiger partial charge in [-0.15, -0.1) is 0 Å². The van der Waals surface area contributed by atoms with Crippen LogP contribution in [-0.2, 0) is 6.54 Å². The smallest absolute Gasteiger partial charge is 0.139 e. The second kappa shape index (κ2) is 5.68. The van der Waals surface area contributed by atoms with Crippen LogP contribution in [-0.4, -0.2) is 21.6 Å². The molecule has 19 heavy (non-hydrogen) atoms. The van der Waals surface area contributed by atoms with Gasteiger partial charge in [0, 0.05) is 18.0 Å². The summed E-state index contributed by atoms with van der Waals surface area (Å²) in [5, 5.41) is 12.5. The van der Waals surface area contributed by atoms with Crippen LogP contribution < -0.4 is 5.32 Å². The standard InChI is InChI=1S/C15H18N4/c1-3-18-15(2,11-16)12-19-10-9-17-14(19)13-7-5-4-6-8-13/h4-10,18H,3,12H2,1-2H3. The van der Waals surface area contributed by atoms with Gasteiger partial charge in [0.15, 0.2) is 0 Å². The minimum Gasteiger partial charge on any atom is -0.328 e. The zero-order valence-corrected chi connectivity index (χ0v) is 11.3. The van der Waals surface area contributed by atoms with Crippen LogP contribution in [0.5, 0.6) is 0 Å². The Morgan fingerprint density at radius 3 is 2.74 bits per heavy atom. The predicted octanol–water partition coefficient (Wildman–Crippen LogP) is 2.44. The molecule has 2 rings (SSSR count). The highest BCUT2D eigenvalue weighted by Gasteiger charge is 2.24. The summed E-state index contributed by atoms with van der Waals surface area (Å²) in [7, 11) is 0. The van der Waals surface area contributed by atoms with Gasteiger partial charge in [0.1, 0.15) is 11.4 Å². The Bertz CT molecular complexity index is 567. The van der Waals surface area contributed by atoms with Crippen molar-refractivity contribution >= 4 is 0 Å². The number of nitrogens with one attached hydrogen (secondary N) is 1. The van der Waals surface area contributed by atoms with Crippen molar-refractivity contribution < 1.29 is 0 Å². The topological polar surface area (TPSA) is 53.6 Å². The van der Waals surface area contributed by atoms with Gasteiger partial charge >= 0.3 is 0 Å². The number of hydrogen-bond donors (Lipinski definition) is 1. The lowest BCUT2D eigenvalue weighted by Crippen LogP contribution is -2.44. The van der Waals surface area contributed by atoms with Crippen LogP contribution in [0.2, 0.25) is 0 Å². The molecule has 1 aromatic heterocycles. The van der Waals surface area contributed by atoms with E-state index in [0.717, 1.165) is 17.9 Å². The van der Waals surface area contributed by atoms with Crippen LogP contribution in [0, 0.1) is 11.3 Å². The molecular weight excluding hydrogens is 236 g/mol. The maximum atomic E-state index is 9.33. The van der Waals surface area contributed by atoms with Gasteiger partial charge in [0.25, 0.3) is 0 Å². The highest BCUT2D eigenvalue weighted by Crippen LogP contribution is 2.19. The molecule has 4 heteroatoms. The van der Waals surface area contributed by atoms with Crippen molar-refractivity contribution in [3.05, 3.63) is 42.7 Å². The molecule has 0 aliphatic rings. The van der Waals surface area contributed by atoms with Gasteiger partial charge in [-0.2, -0.15) is 5.26 Å². The molecule has 1 unspecified atom stereocenters. The molecule has 0 fully saturated rings. The summed E-state index contributed by atoms with van der Waals surface area (Å²) in [6, 6.07) is 12.3. The molecule has 1 atom stereocenters. The van der Waals surface area contributed by atoms with Crippen molar-refractivity contribution in [2.75, 3.05) is 6.54 Å². The number of nitrogens with zero attached hydrogens (tertiary/aromatic N) is 3. The fraction of sp³-hybridized carbons (Fsp3) is 0.333. The van der Waals surface area contributed by atoms with Crippen LogP contribution >= 0.6 is 0 Å². The molecule has 0 amide bonds. The quantitative estimate of drug-likeness (QED) is 0.891. The molecule has 1 heterocycles. The van der Waals surface area contributed by atoms with Crippen molar-refractivity contribution in [1.29, 1.82) is 5.26 Å². The summed E-state index contributed by atoms with van der Waals surface area (Å²) in [6.45, 7) is 5.24. The molecule has 0 aliphatic heterocycles. The van der Waals surface area contributed by atoms with Gasteiger partial charge in [-0.3, -0.25) is 5.32 Å². The van der Waals surface area contributed by atoms with Gasteiger partial charge in [-0.25, -0.2) is 4.98 Å². The lowest BCUT2D eigenvalue weighted by Gasteiger charge is -2.24. The van der Waals surface area contributed by atoms with Crippen molar-refractivity contribution in [2.45, 2.75) is 25.9 Å². The maximum absolute atomic E-state index is 9.33. The first kappa shape index (κ1) is 13.3. The van der Waals surface area contributed by atoms with Crippen molar-refractivity contribution in [1.82, 2.24) is 14.9 Å². The van der Waals surface area contributed by atoms with Gasteiger partial charge < -0.3 is 4.57 Å². The molecule has 0 bridgehead atoms. The number of hydrogen-bond acceptors (Lipinski definition) is 3. The van der Waals surface area contributed by atoms with E-state index in [0.29, 0.717) is 6.54 Å². The Hall–Kier alpha value is -2.12. The van der Waals surface area contributed by atoms with E-state index in [1.165, 1.54) is 0 Å². The summed E-state index contributed by atoms with van der Waals surface area (Å²) < 4.78 is 2.02. The van der Waals surface area contributed by atoms with E-state index in [4.69, 9.17) is 0 Å². The highest BCUT2D eigenvalue weighted by atomic mass is 15.1. The summed E-state index contributed by atoms with van der Waals surface area (Å²) in [5.74, 6) is 0.889. The zero-order chi connectivity index (χ0) is 13.7. The van der Waals surface area contributed by atoms with Gasteiger partial charge in [-0.05, 0) is 13.5 Å². The Morgan fingerprint density at radius 1 is 1.37 bits per heavy atom. The van der Waals surface area contributed by atoms with E-state index in [1.54, 1.807) is 6.20 Å². The molecule has 0 saturated heterocycles. The van der Waals surface area contributed by atoms with Gasteiger partial charge in [0.05, 0.1) is 12.6 Å². The minimum absolute atomic E-state index is 0.571. The van der Waals surface area contributed by atoms with Crippen LogP contribution in [0.1, 0.15) is 13.8 Å². The van der Waals surface area contributed by atoms with E-state index < -0.39 is 5.54 Å². The number of imidazole rings is 1. The van der Waals surface area contributed by atoms with Crippen molar-refractivity contribution in [3.8, 4) is 17.5 Å². The normalized spacial score (nSPS) is 13.7. The second-order valence-corrected chi connectivity index (χ2v) is 4.72. The summed E-state index contributed by atoms with van der Waals surface area (Å²) in [4.78, 5) is 4.39. The molecule has 98 valence electrons. The lowest BCUT2D eigenvalue weighted by molar-refractivity contribution is 0.399. The van der Waals surface area contributed by atoms with E-state index in [1.807, 2.05) is 54.9 Å². The number of rotatable bonds is 5. The van der Waals surface area contributed by atoms with E-state index in [2.05, 4.69) is 16.4 Å². The number of aromatic nitrogens is 2. The molecule has 4 nitrogen and oxygen atoms in total. The maximum Gasteiger partial charge on any atom is 0.139 e. The molecule has 0 radical (unpaired) electrons. The van der Waals surface area contributed by atoms with Crippen LogP contribution in [0.25, 0.3) is 11.4 Å². The van der Waals surface area contributed by atoms with Crippen LogP contribution in [0.4, 0.5) is 0 Å². The lowest BCUT2D eigenvalue weighted by atomic mass is 10.0. The van der Waals surface area contributed by atoms with Crippen molar-refractivity contribution in [3.63, 3.8) is 0 Å². The van der Waals surface area contributed by atoms with E-state index in [9.17, 15) is 5.26 Å². The third-order valence-electron chi connectivity index (χ3n) is 3.05. The molecule has 0 aliphatic carbocycles. The second-order valence-electron chi connectivity index (χ2n) is 4.72. The van der Waals surface area contributed by atoms with Crippen LogP contribution in [0.3, 0.4) is 0 Å². The molecule has 1 aromatic carbocycles. The summed E-state index contributed by atoms with van der Waals surface area (Å²) >= 11 is 0. The Balaban J connectivity index is 2.29. The Labute approximate surface area is 113 Å². The van der Waals surface area contributed by atoms with Crippen LogP contribution in [0.15, 0.2) is 42.7 Å². The minimum atomic E-state index is -0.584. The zero-order valence-electron chi connectivity index (χ0n) is 11.3. The highest BCUT2D eigenvalue weighted by molar-refractivity contribution is 5.55. The van der Waals surface area contributed by atoms with Gasteiger partial charge in [-0.1, -0.05) is 37.3 Å². The predicted molar refractivity (Wildman–Crippen MR) is 75.4 cm³/mol. The first-order chi connectivity index (χ1) is 9.18. The largest absolute Gasteiger partial charge is 0.328 e. The first-order valence-electron chi connectivity index (χ1n) is 6.41. The average Bonchev–Trinajstić information content (AvgIpc) is 2.88. The number of nitriles is 1. The monoisotopic (exact) mass is 254 g/mol. The molecular formula is C15H18N4. The summed E-state index contributed by atoms with van der Waals surface area (Å²) in [5.41, 5.74) is 0.475. The fourth-order valence-electron chi connectivity index (χ4n) is 2.15. The van der Waals surface area contributed by atoms with E-state index >= 15 is 0 Å². The van der Waals surface area contributed by atoms with Gasteiger partial charge in [0.2, 0.25) is 0 Å². The molecule has 0 spiro atoms. The SMILES string of the molecule is CCNC(C)(C#N)Cn1ccnc1-c1ccccc1. The average molecular weight is 254 g/mol. The van der Waals surface area contributed by atoms with Crippen molar-refractivity contribution in [2.24, 2.45) is 0 Å². The summed E-state index contributed by atoms with van der Waals surface area (Å²) in [6.07, 6.45) is 3.68. The molecule has 2 aromatic rings. The van der Waals surface area contributed by atoms with E-state index in [-0.39, 0.29) is 0 Å². The Morgan fingerprint density at radius 2 is 2.11 bits per heavy atom. The first-order valence-corrected chi connectivity index (χ1v) is 6.41. The molecule has 0 saturated carbocycles. The molecule has 1 N–H and O–H groups in total. The third-order valence-corrected chi connectivity index (χ3v) is 3.05. The Kier molecular flexibility index (Phi) is 3.98. The third kappa shape index (κ3) is 3.01. The number of likely N-dealkylation sites (N-methyl/N-ethyl adjacent to an activating group) is 1. The number of benzene rings is 1. The fourth-order valence-corrected chi connectivity index (χ4v) is 2.15.